The lowest BCUT2D eigenvalue weighted by atomic mass is 10.2. The fourth-order valence-corrected chi connectivity index (χ4v) is 2.19. The van der Waals surface area contributed by atoms with Crippen molar-refractivity contribution < 1.29 is 18.7 Å². The van der Waals surface area contributed by atoms with Crippen LogP contribution in [-0.4, -0.2) is 28.8 Å². The molecular formula is C18H14FN3O3. The lowest BCUT2D eigenvalue weighted by Gasteiger charge is -2.05. The average Bonchev–Trinajstić information content (AvgIpc) is 3.12. The number of anilines is 1. The van der Waals surface area contributed by atoms with Crippen molar-refractivity contribution in [2.45, 2.75) is 0 Å². The molecule has 0 aliphatic carbocycles. The fraction of sp³-hybridized carbons (Fsp3) is 0.0556. The van der Waals surface area contributed by atoms with E-state index in [1.807, 2.05) is 0 Å². The van der Waals surface area contributed by atoms with Crippen LogP contribution in [0.4, 0.5) is 10.1 Å². The van der Waals surface area contributed by atoms with E-state index in [1.54, 1.807) is 48.7 Å². The predicted molar refractivity (Wildman–Crippen MR) is 89.3 cm³/mol. The minimum Gasteiger partial charge on any atom is -0.465 e. The second kappa shape index (κ2) is 6.96. The van der Waals surface area contributed by atoms with Gasteiger partial charge in [0.25, 0.3) is 5.91 Å². The number of carbonyl (C=O) groups is 2. The van der Waals surface area contributed by atoms with E-state index in [1.165, 1.54) is 23.9 Å². The van der Waals surface area contributed by atoms with E-state index in [-0.39, 0.29) is 11.5 Å². The summed E-state index contributed by atoms with van der Waals surface area (Å²) in [5.41, 5.74) is 1.76. The predicted octanol–water partition coefficient (Wildman–Crippen LogP) is 3.05. The Morgan fingerprint density at radius 1 is 1.04 bits per heavy atom. The minimum atomic E-state index is -0.448. The maximum absolute atomic E-state index is 13.0. The summed E-state index contributed by atoms with van der Waals surface area (Å²) >= 11 is 0. The summed E-state index contributed by atoms with van der Waals surface area (Å²) < 4.78 is 19.1. The first-order valence-electron chi connectivity index (χ1n) is 7.38. The molecule has 6 nitrogen and oxygen atoms in total. The van der Waals surface area contributed by atoms with E-state index in [0.29, 0.717) is 16.9 Å². The number of aromatic nitrogens is 2. The molecule has 1 aromatic heterocycles. The Kier molecular flexibility index (Phi) is 4.56. The third-order valence-corrected chi connectivity index (χ3v) is 3.48. The van der Waals surface area contributed by atoms with Crippen LogP contribution in [0.3, 0.4) is 0 Å². The molecule has 0 radical (unpaired) electrons. The molecule has 0 aliphatic rings. The van der Waals surface area contributed by atoms with Crippen molar-refractivity contribution in [1.82, 2.24) is 9.78 Å². The molecule has 0 saturated carbocycles. The largest absolute Gasteiger partial charge is 0.465 e. The first kappa shape index (κ1) is 16.4. The highest BCUT2D eigenvalue weighted by molar-refractivity contribution is 6.03. The molecule has 0 unspecified atom stereocenters. The van der Waals surface area contributed by atoms with Crippen LogP contribution in [0.25, 0.3) is 5.69 Å². The number of benzene rings is 2. The third kappa shape index (κ3) is 3.72. The van der Waals surface area contributed by atoms with Gasteiger partial charge >= 0.3 is 5.97 Å². The van der Waals surface area contributed by atoms with Gasteiger partial charge in [-0.2, -0.15) is 5.10 Å². The van der Waals surface area contributed by atoms with Gasteiger partial charge < -0.3 is 10.1 Å². The van der Waals surface area contributed by atoms with Crippen LogP contribution in [0.5, 0.6) is 0 Å². The number of ether oxygens (including phenoxy) is 1. The zero-order valence-electron chi connectivity index (χ0n) is 13.3. The summed E-state index contributed by atoms with van der Waals surface area (Å²) in [5.74, 6) is -1.19. The monoisotopic (exact) mass is 339 g/mol. The SMILES string of the molecule is COC(=O)c1ccc(NC(=O)c2ccn(-c3ccc(F)cc3)n2)cc1. The van der Waals surface area contributed by atoms with E-state index in [0.717, 1.165) is 0 Å². The lowest BCUT2D eigenvalue weighted by molar-refractivity contribution is 0.0600. The third-order valence-electron chi connectivity index (χ3n) is 3.48. The van der Waals surface area contributed by atoms with Crippen molar-refractivity contribution in [3.63, 3.8) is 0 Å². The zero-order valence-corrected chi connectivity index (χ0v) is 13.3. The van der Waals surface area contributed by atoms with Crippen LogP contribution in [-0.2, 0) is 4.74 Å². The Hall–Kier alpha value is -3.48. The van der Waals surface area contributed by atoms with Crippen molar-refractivity contribution in [3.05, 3.63) is 77.9 Å². The van der Waals surface area contributed by atoms with Crippen LogP contribution in [0.1, 0.15) is 20.8 Å². The molecule has 0 bridgehead atoms. The Balaban J connectivity index is 1.71. The number of halogens is 1. The number of rotatable bonds is 4. The number of nitrogens with zero attached hydrogens (tertiary/aromatic N) is 2. The average molecular weight is 339 g/mol. The second-order valence-electron chi connectivity index (χ2n) is 5.15. The number of nitrogens with one attached hydrogen (secondary N) is 1. The van der Waals surface area contributed by atoms with Gasteiger partial charge in [0.1, 0.15) is 5.82 Å². The van der Waals surface area contributed by atoms with Gasteiger partial charge in [-0.15, -0.1) is 0 Å². The summed E-state index contributed by atoms with van der Waals surface area (Å²) in [5, 5.41) is 6.86. The van der Waals surface area contributed by atoms with E-state index in [2.05, 4.69) is 15.2 Å². The summed E-state index contributed by atoms with van der Waals surface area (Å²) in [7, 11) is 1.30. The molecule has 1 N–H and O–H groups in total. The lowest BCUT2D eigenvalue weighted by Crippen LogP contribution is -2.13. The number of amides is 1. The number of esters is 1. The van der Waals surface area contributed by atoms with Crippen molar-refractivity contribution in [3.8, 4) is 5.69 Å². The Morgan fingerprint density at radius 2 is 1.72 bits per heavy atom. The molecule has 1 amide bonds. The number of methoxy groups -OCH3 is 1. The maximum atomic E-state index is 13.0. The van der Waals surface area contributed by atoms with Gasteiger partial charge in [-0.3, -0.25) is 4.79 Å². The molecular weight excluding hydrogens is 325 g/mol. The van der Waals surface area contributed by atoms with E-state index >= 15 is 0 Å². The van der Waals surface area contributed by atoms with Crippen molar-refractivity contribution in [2.75, 3.05) is 12.4 Å². The fourth-order valence-electron chi connectivity index (χ4n) is 2.19. The van der Waals surface area contributed by atoms with E-state index in [9.17, 15) is 14.0 Å². The van der Waals surface area contributed by atoms with Gasteiger partial charge in [0.2, 0.25) is 0 Å². The number of hydrogen-bond acceptors (Lipinski definition) is 4. The molecule has 0 spiro atoms. The molecule has 25 heavy (non-hydrogen) atoms. The van der Waals surface area contributed by atoms with Gasteiger partial charge in [0.15, 0.2) is 5.69 Å². The highest BCUT2D eigenvalue weighted by Crippen LogP contribution is 2.13. The van der Waals surface area contributed by atoms with Gasteiger partial charge in [0.05, 0.1) is 18.4 Å². The topological polar surface area (TPSA) is 73.2 Å². The highest BCUT2D eigenvalue weighted by atomic mass is 19.1. The van der Waals surface area contributed by atoms with Crippen LogP contribution in [0, 0.1) is 5.82 Å². The highest BCUT2D eigenvalue weighted by Gasteiger charge is 2.11. The molecule has 3 aromatic rings. The van der Waals surface area contributed by atoms with Crippen LogP contribution in [0.2, 0.25) is 0 Å². The second-order valence-corrected chi connectivity index (χ2v) is 5.15. The number of carbonyl (C=O) groups excluding carboxylic acids is 2. The Labute approximate surface area is 142 Å². The van der Waals surface area contributed by atoms with Gasteiger partial charge in [-0.25, -0.2) is 13.9 Å². The minimum absolute atomic E-state index is 0.210. The molecule has 126 valence electrons. The first-order chi connectivity index (χ1) is 12.1. The molecule has 0 saturated heterocycles. The van der Waals surface area contributed by atoms with Crippen molar-refractivity contribution in [1.29, 1.82) is 0 Å². The van der Waals surface area contributed by atoms with E-state index in [4.69, 9.17) is 0 Å². The number of hydrogen-bond donors (Lipinski definition) is 1. The van der Waals surface area contributed by atoms with Crippen molar-refractivity contribution >= 4 is 17.6 Å². The Morgan fingerprint density at radius 3 is 2.36 bits per heavy atom. The molecule has 0 atom stereocenters. The standard InChI is InChI=1S/C18H14FN3O3/c1-25-18(24)12-2-6-14(7-3-12)20-17(23)16-10-11-22(21-16)15-8-4-13(19)5-9-15/h2-11H,1H3,(H,20,23). The van der Waals surface area contributed by atoms with Crippen LogP contribution >= 0.6 is 0 Å². The maximum Gasteiger partial charge on any atom is 0.337 e. The normalized spacial score (nSPS) is 10.3. The Bertz CT molecular complexity index is 902. The smallest absolute Gasteiger partial charge is 0.337 e. The first-order valence-corrected chi connectivity index (χ1v) is 7.38. The molecule has 2 aromatic carbocycles. The van der Waals surface area contributed by atoms with Crippen LogP contribution in [0.15, 0.2) is 60.8 Å². The van der Waals surface area contributed by atoms with E-state index < -0.39 is 11.9 Å². The zero-order chi connectivity index (χ0) is 17.8. The van der Waals surface area contributed by atoms with Crippen molar-refractivity contribution in [2.24, 2.45) is 0 Å². The molecule has 0 aliphatic heterocycles. The summed E-state index contributed by atoms with van der Waals surface area (Å²) in [6, 6.07) is 13.6. The van der Waals surface area contributed by atoms with Gasteiger partial charge in [-0.1, -0.05) is 0 Å². The summed E-state index contributed by atoms with van der Waals surface area (Å²) in [6.45, 7) is 0. The summed E-state index contributed by atoms with van der Waals surface area (Å²) in [6.07, 6.45) is 1.61. The van der Waals surface area contributed by atoms with Gasteiger partial charge in [0, 0.05) is 11.9 Å². The molecule has 7 heteroatoms. The molecule has 1 heterocycles. The van der Waals surface area contributed by atoms with Gasteiger partial charge in [-0.05, 0) is 54.6 Å². The quantitative estimate of drug-likeness (QED) is 0.742. The molecule has 0 fully saturated rings. The molecule has 3 rings (SSSR count). The summed E-state index contributed by atoms with van der Waals surface area (Å²) in [4.78, 5) is 23.6. The van der Waals surface area contributed by atoms with Crippen LogP contribution < -0.4 is 5.32 Å².